The average molecular weight is 317 g/mol. The summed E-state index contributed by atoms with van der Waals surface area (Å²) < 4.78 is 7.09. The van der Waals surface area contributed by atoms with Gasteiger partial charge in [-0.05, 0) is 35.4 Å². The second-order valence-corrected chi connectivity index (χ2v) is 5.92. The summed E-state index contributed by atoms with van der Waals surface area (Å²) in [5.41, 5.74) is 0.822. The fourth-order valence-corrected chi connectivity index (χ4v) is 2.84. The van der Waals surface area contributed by atoms with Crippen LogP contribution in [0.1, 0.15) is 32.1 Å². The number of ether oxygens (including phenoxy) is 1. The summed E-state index contributed by atoms with van der Waals surface area (Å²) >= 11 is 0. The van der Waals surface area contributed by atoms with E-state index < -0.39 is 6.10 Å². The molecule has 2 aromatic rings. The zero-order valence-corrected chi connectivity index (χ0v) is 13.1. The first-order valence-electron chi connectivity index (χ1n) is 8.21. The molecular formula is C16H23N5O2. The van der Waals surface area contributed by atoms with Crippen LogP contribution in [-0.4, -0.2) is 50.6 Å². The van der Waals surface area contributed by atoms with Crippen LogP contribution in [0, 0.1) is 0 Å². The van der Waals surface area contributed by atoms with Gasteiger partial charge in [0.2, 0.25) is 0 Å². The third kappa shape index (κ3) is 4.49. The highest BCUT2D eigenvalue weighted by Crippen LogP contribution is 2.17. The average Bonchev–Trinajstić information content (AvgIpc) is 3.08. The van der Waals surface area contributed by atoms with E-state index in [4.69, 9.17) is 4.74 Å². The summed E-state index contributed by atoms with van der Waals surface area (Å²) in [7, 11) is 0. The normalized spacial score (nSPS) is 17.1. The number of para-hydroxylation sites is 1. The molecule has 1 aliphatic rings. The molecule has 0 saturated heterocycles. The van der Waals surface area contributed by atoms with Crippen molar-refractivity contribution in [2.75, 3.05) is 13.2 Å². The SMILES string of the molecule is OC(CNC1CCCCC1)COc1nnnn1-c1ccccc1. The van der Waals surface area contributed by atoms with Crippen LogP contribution < -0.4 is 10.1 Å². The van der Waals surface area contributed by atoms with Crippen molar-refractivity contribution in [3.8, 4) is 11.7 Å². The number of hydrogen-bond acceptors (Lipinski definition) is 6. The summed E-state index contributed by atoms with van der Waals surface area (Å²) in [6.07, 6.45) is 5.68. The van der Waals surface area contributed by atoms with E-state index >= 15 is 0 Å². The van der Waals surface area contributed by atoms with Crippen molar-refractivity contribution < 1.29 is 9.84 Å². The fourth-order valence-electron chi connectivity index (χ4n) is 2.84. The first kappa shape index (κ1) is 15.9. The van der Waals surface area contributed by atoms with Crippen LogP contribution in [0.25, 0.3) is 5.69 Å². The molecule has 0 bridgehead atoms. The number of aliphatic hydroxyl groups excluding tert-OH is 1. The maximum absolute atomic E-state index is 10.1. The molecular weight excluding hydrogens is 294 g/mol. The lowest BCUT2D eigenvalue weighted by Crippen LogP contribution is -2.39. The number of nitrogens with zero attached hydrogens (tertiary/aromatic N) is 4. The Balaban J connectivity index is 1.48. The maximum Gasteiger partial charge on any atom is 0.340 e. The predicted octanol–water partition coefficient (Wildman–Crippen LogP) is 1.32. The van der Waals surface area contributed by atoms with Gasteiger partial charge in [0.15, 0.2) is 0 Å². The summed E-state index contributed by atoms with van der Waals surface area (Å²) in [4.78, 5) is 0. The van der Waals surface area contributed by atoms with Gasteiger partial charge in [-0.1, -0.05) is 42.6 Å². The number of rotatable bonds is 7. The number of aliphatic hydroxyl groups is 1. The highest BCUT2D eigenvalue weighted by molar-refractivity contribution is 5.31. The van der Waals surface area contributed by atoms with E-state index in [-0.39, 0.29) is 12.6 Å². The standard InChI is InChI=1S/C16H23N5O2/c22-15(11-17-13-7-3-1-4-8-13)12-23-16-18-19-20-21(16)14-9-5-2-6-10-14/h2,5-6,9-10,13,15,17,22H,1,3-4,7-8,11-12H2. The molecule has 1 fully saturated rings. The Morgan fingerprint density at radius 2 is 2.00 bits per heavy atom. The molecule has 1 atom stereocenters. The zero-order chi connectivity index (χ0) is 15.9. The summed E-state index contributed by atoms with van der Waals surface area (Å²) in [5.74, 6) is 0. The zero-order valence-electron chi connectivity index (χ0n) is 13.1. The van der Waals surface area contributed by atoms with E-state index in [0.717, 1.165) is 5.69 Å². The Hall–Kier alpha value is -1.99. The second kappa shape index (κ2) is 8.03. The van der Waals surface area contributed by atoms with E-state index in [2.05, 4.69) is 20.8 Å². The molecule has 1 aromatic carbocycles. The van der Waals surface area contributed by atoms with Crippen molar-refractivity contribution in [1.82, 2.24) is 25.5 Å². The minimum Gasteiger partial charge on any atom is -0.459 e. The summed E-state index contributed by atoms with van der Waals surface area (Å²) in [5, 5.41) is 24.9. The number of hydrogen-bond donors (Lipinski definition) is 2. The van der Waals surface area contributed by atoms with Gasteiger partial charge in [0, 0.05) is 12.6 Å². The van der Waals surface area contributed by atoms with Crippen molar-refractivity contribution in [3.63, 3.8) is 0 Å². The minimum atomic E-state index is -0.585. The van der Waals surface area contributed by atoms with Gasteiger partial charge in [0.05, 0.1) is 5.69 Å². The number of aromatic nitrogens is 4. The maximum atomic E-state index is 10.1. The van der Waals surface area contributed by atoms with Crippen LogP contribution >= 0.6 is 0 Å². The first-order chi connectivity index (χ1) is 11.3. The van der Waals surface area contributed by atoms with Crippen molar-refractivity contribution >= 4 is 0 Å². The Kier molecular flexibility index (Phi) is 5.55. The molecule has 7 nitrogen and oxygen atoms in total. The molecule has 1 aromatic heterocycles. The molecule has 124 valence electrons. The third-order valence-electron chi connectivity index (χ3n) is 4.09. The first-order valence-corrected chi connectivity index (χ1v) is 8.21. The van der Waals surface area contributed by atoms with Gasteiger partial charge < -0.3 is 15.2 Å². The van der Waals surface area contributed by atoms with Crippen LogP contribution in [-0.2, 0) is 0 Å². The van der Waals surface area contributed by atoms with E-state index in [1.54, 1.807) is 0 Å². The molecule has 1 unspecified atom stereocenters. The number of nitrogens with one attached hydrogen (secondary N) is 1. The lowest BCUT2D eigenvalue weighted by Gasteiger charge is -2.24. The molecule has 0 amide bonds. The van der Waals surface area contributed by atoms with Crippen LogP contribution in [0.2, 0.25) is 0 Å². The minimum absolute atomic E-state index is 0.160. The Bertz CT molecular complexity index is 583. The van der Waals surface area contributed by atoms with Gasteiger partial charge in [-0.15, -0.1) is 0 Å². The fraction of sp³-hybridized carbons (Fsp3) is 0.562. The lowest BCUT2D eigenvalue weighted by atomic mass is 9.95. The third-order valence-corrected chi connectivity index (χ3v) is 4.09. The number of tetrazole rings is 1. The van der Waals surface area contributed by atoms with Gasteiger partial charge in [-0.25, -0.2) is 0 Å². The van der Waals surface area contributed by atoms with Gasteiger partial charge in [-0.2, -0.15) is 4.68 Å². The van der Waals surface area contributed by atoms with Crippen molar-refractivity contribution in [2.24, 2.45) is 0 Å². The molecule has 1 saturated carbocycles. The molecule has 23 heavy (non-hydrogen) atoms. The molecule has 7 heteroatoms. The van der Waals surface area contributed by atoms with E-state index in [1.807, 2.05) is 30.3 Å². The quantitative estimate of drug-likeness (QED) is 0.801. The predicted molar refractivity (Wildman–Crippen MR) is 85.5 cm³/mol. The van der Waals surface area contributed by atoms with E-state index in [1.165, 1.54) is 36.8 Å². The topological polar surface area (TPSA) is 85.1 Å². The van der Waals surface area contributed by atoms with E-state index in [9.17, 15) is 5.11 Å². The lowest BCUT2D eigenvalue weighted by molar-refractivity contribution is 0.0953. The summed E-state index contributed by atoms with van der Waals surface area (Å²) in [6, 6.07) is 10.3. The van der Waals surface area contributed by atoms with Crippen molar-refractivity contribution in [3.05, 3.63) is 30.3 Å². The van der Waals surface area contributed by atoms with Gasteiger partial charge in [-0.3, -0.25) is 0 Å². The monoisotopic (exact) mass is 317 g/mol. The summed E-state index contributed by atoms with van der Waals surface area (Å²) in [6.45, 7) is 0.685. The number of benzene rings is 1. The highest BCUT2D eigenvalue weighted by Gasteiger charge is 2.16. The van der Waals surface area contributed by atoms with Gasteiger partial charge in [0.25, 0.3) is 0 Å². The Morgan fingerprint density at radius 3 is 2.78 bits per heavy atom. The molecule has 0 spiro atoms. The molecule has 0 aliphatic heterocycles. The van der Waals surface area contributed by atoms with Crippen LogP contribution in [0.3, 0.4) is 0 Å². The van der Waals surface area contributed by atoms with Crippen LogP contribution in [0.15, 0.2) is 30.3 Å². The largest absolute Gasteiger partial charge is 0.459 e. The van der Waals surface area contributed by atoms with Crippen LogP contribution in [0.4, 0.5) is 0 Å². The Labute approximate surface area is 135 Å². The van der Waals surface area contributed by atoms with E-state index in [0.29, 0.717) is 12.6 Å². The van der Waals surface area contributed by atoms with Gasteiger partial charge in [0.1, 0.15) is 12.7 Å². The van der Waals surface area contributed by atoms with Gasteiger partial charge >= 0.3 is 6.01 Å². The van der Waals surface area contributed by atoms with Crippen molar-refractivity contribution in [2.45, 2.75) is 44.2 Å². The molecule has 1 aliphatic carbocycles. The molecule has 3 rings (SSSR count). The molecule has 1 heterocycles. The van der Waals surface area contributed by atoms with Crippen molar-refractivity contribution in [1.29, 1.82) is 0 Å². The Morgan fingerprint density at radius 1 is 1.22 bits per heavy atom. The molecule has 2 N–H and O–H groups in total. The highest BCUT2D eigenvalue weighted by atomic mass is 16.5. The smallest absolute Gasteiger partial charge is 0.340 e. The second-order valence-electron chi connectivity index (χ2n) is 5.92. The van der Waals surface area contributed by atoms with Crippen LogP contribution in [0.5, 0.6) is 6.01 Å². The molecule has 0 radical (unpaired) electrons.